The molecule has 0 N–H and O–H groups in total. The maximum atomic E-state index is 14.8. The highest BCUT2D eigenvalue weighted by molar-refractivity contribution is 6.59. The molecule has 2 rings (SSSR count). The van der Waals surface area contributed by atoms with E-state index in [4.69, 9.17) is 6.42 Å². The molecule has 1 aliphatic rings. The molecule has 0 saturated carbocycles. The first kappa shape index (κ1) is 17.9. The van der Waals surface area contributed by atoms with Crippen molar-refractivity contribution >= 4 is 18.4 Å². The number of aryl methyl sites for hydroxylation is 2. The van der Waals surface area contributed by atoms with Crippen LogP contribution in [-0.2, 0) is 0 Å². The topological polar surface area (TPSA) is 17.3 Å². The molecule has 4 heteroatoms. The minimum absolute atomic E-state index is 0.511. The van der Waals surface area contributed by atoms with E-state index in [1.54, 1.807) is 4.48 Å². The molecule has 1 aromatic rings. The zero-order chi connectivity index (χ0) is 17.9. The van der Waals surface area contributed by atoms with Crippen molar-refractivity contribution in [3.8, 4) is 24.1 Å². The van der Waals surface area contributed by atoms with Gasteiger partial charge in [-0.3, -0.25) is 9.31 Å². The van der Waals surface area contributed by atoms with Crippen molar-refractivity contribution in [1.82, 2.24) is 4.48 Å². The second-order valence-corrected chi connectivity index (χ2v) is 6.10. The lowest BCUT2D eigenvalue weighted by atomic mass is 9.86. The Morgan fingerprint density at radius 3 is 2.58 bits per heavy atom. The molecule has 0 spiro atoms. The standard InChI is InChI=1S/C20H22BFN2/c1-7-8-9-10-11-21(22)24-17(5)13-15(3)20(24)18(6)19-14(2)12-16(4)23-19/h1,12-13H,8-9H2,2-6H3/b19-18-. The number of aromatic nitrogens is 1. The van der Waals surface area contributed by atoms with Gasteiger partial charge in [-0.2, -0.15) is 0 Å². The SMILES string of the molecule is C#CCCC#CB(F)n1c(C)cc(C)c1/C(C)=C1\N=C(C)C=C1C. The summed E-state index contributed by atoms with van der Waals surface area (Å²) in [7, 11) is -1.39. The molecule has 0 amide bonds. The highest BCUT2D eigenvalue weighted by Gasteiger charge is 2.24. The van der Waals surface area contributed by atoms with E-state index in [0.29, 0.717) is 12.8 Å². The van der Waals surface area contributed by atoms with Crippen molar-refractivity contribution in [2.45, 2.75) is 47.5 Å². The lowest BCUT2D eigenvalue weighted by molar-refractivity contribution is 0.801. The van der Waals surface area contributed by atoms with Crippen LogP contribution in [-0.4, -0.2) is 17.3 Å². The molecule has 1 aliphatic heterocycles. The van der Waals surface area contributed by atoms with Crippen molar-refractivity contribution in [1.29, 1.82) is 0 Å². The molecule has 2 nitrogen and oxygen atoms in total. The minimum atomic E-state index is -1.39. The third-order valence-electron chi connectivity index (χ3n) is 4.06. The molecule has 1 aromatic heterocycles. The van der Waals surface area contributed by atoms with Crippen molar-refractivity contribution < 1.29 is 4.32 Å². The first-order chi connectivity index (χ1) is 11.4. The summed E-state index contributed by atoms with van der Waals surface area (Å²) in [6.45, 7) is 9.88. The Morgan fingerprint density at radius 1 is 1.29 bits per heavy atom. The Balaban J connectivity index is 2.49. The fourth-order valence-electron chi connectivity index (χ4n) is 3.11. The average Bonchev–Trinajstić information content (AvgIpc) is 3.01. The fourth-order valence-corrected chi connectivity index (χ4v) is 3.11. The van der Waals surface area contributed by atoms with Gasteiger partial charge < -0.3 is 4.48 Å². The summed E-state index contributed by atoms with van der Waals surface area (Å²) >= 11 is 0. The molecule has 0 saturated heterocycles. The Morgan fingerprint density at radius 2 is 2.00 bits per heavy atom. The third kappa shape index (κ3) is 3.54. The van der Waals surface area contributed by atoms with Gasteiger partial charge in [-0.15, -0.1) is 18.3 Å². The predicted octanol–water partition coefficient (Wildman–Crippen LogP) is 4.52. The van der Waals surface area contributed by atoms with E-state index in [-0.39, 0.29) is 0 Å². The van der Waals surface area contributed by atoms with Gasteiger partial charge in [0.05, 0.1) is 5.70 Å². The number of unbranched alkanes of at least 4 members (excludes halogenated alkanes) is 1. The molecule has 0 radical (unpaired) electrons. The summed E-state index contributed by atoms with van der Waals surface area (Å²) in [5.41, 5.74) is 6.69. The summed E-state index contributed by atoms with van der Waals surface area (Å²) in [4.78, 5) is 4.59. The van der Waals surface area contributed by atoms with Gasteiger partial charge in [-0.1, -0.05) is 5.82 Å². The Bertz CT molecular complexity index is 851. The summed E-state index contributed by atoms with van der Waals surface area (Å²) in [5.74, 6) is 8.01. The van der Waals surface area contributed by atoms with Gasteiger partial charge in [-0.25, -0.2) is 0 Å². The molecule has 0 unspecified atom stereocenters. The second-order valence-electron chi connectivity index (χ2n) is 6.10. The predicted molar refractivity (Wildman–Crippen MR) is 101 cm³/mol. The van der Waals surface area contributed by atoms with E-state index in [1.807, 2.05) is 46.8 Å². The molecule has 0 fully saturated rings. The Kier molecular flexibility index (Phi) is 5.52. The Hall–Kier alpha value is -2.46. The molecule has 2 heterocycles. The van der Waals surface area contributed by atoms with Gasteiger partial charge in [-0.05, 0) is 63.5 Å². The quantitative estimate of drug-likeness (QED) is 0.443. The molecule has 0 atom stereocenters. The molecular formula is C20H22BFN2. The molecule has 0 aliphatic carbocycles. The highest BCUT2D eigenvalue weighted by Crippen LogP contribution is 2.31. The first-order valence-electron chi connectivity index (χ1n) is 8.06. The van der Waals surface area contributed by atoms with Crippen LogP contribution in [0, 0.1) is 37.9 Å². The van der Waals surface area contributed by atoms with Crippen LogP contribution in [0.4, 0.5) is 4.32 Å². The lowest BCUT2D eigenvalue weighted by Gasteiger charge is -2.13. The van der Waals surface area contributed by atoms with Crippen LogP contribution in [0.25, 0.3) is 5.57 Å². The first-order valence-corrected chi connectivity index (χ1v) is 8.06. The number of hydrogen-bond donors (Lipinski definition) is 0. The number of allylic oxidation sites excluding steroid dienone is 3. The molecule has 24 heavy (non-hydrogen) atoms. The summed E-state index contributed by atoms with van der Waals surface area (Å²) in [6, 6.07) is 1.99. The maximum Gasteiger partial charge on any atom is 0.551 e. The maximum absolute atomic E-state index is 14.8. The smallest absolute Gasteiger partial charge is 0.348 e. The molecular weight excluding hydrogens is 298 g/mol. The number of rotatable bonds is 3. The number of hydrogen-bond acceptors (Lipinski definition) is 1. The third-order valence-corrected chi connectivity index (χ3v) is 4.06. The van der Waals surface area contributed by atoms with Gasteiger partial charge in [0.2, 0.25) is 0 Å². The lowest BCUT2D eigenvalue weighted by Crippen LogP contribution is -2.21. The van der Waals surface area contributed by atoms with Crippen molar-refractivity contribution in [2.75, 3.05) is 0 Å². The van der Waals surface area contributed by atoms with E-state index >= 15 is 0 Å². The van der Waals surface area contributed by atoms with E-state index in [0.717, 1.165) is 39.5 Å². The van der Waals surface area contributed by atoms with Gasteiger partial charge >= 0.3 is 7.12 Å². The van der Waals surface area contributed by atoms with Crippen LogP contribution in [0.1, 0.15) is 50.6 Å². The normalized spacial score (nSPS) is 15.2. The number of nitrogens with zero attached hydrogens (tertiary/aromatic N) is 2. The largest absolute Gasteiger partial charge is 0.551 e. The van der Waals surface area contributed by atoms with Gasteiger partial charge in [0, 0.05) is 29.9 Å². The van der Waals surface area contributed by atoms with Gasteiger partial charge in [0.25, 0.3) is 0 Å². The monoisotopic (exact) mass is 320 g/mol. The van der Waals surface area contributed by atoms with Crippen LogP contribution < -0.4 is 0 Å². The zero-order valence-corrected chi connectivity index (χ0v) is 15.0. The number of halogens is 1. The molecule has 122 valence electrons. The summed E-state index contributed by atoms with van der Waals surface area (Å²) in [5, 5.41) is 0. The summed E-state index contributed by atoms with van der Waals surface area (Å²) in [6.07, 6.45) is 8.29. The van der Waals surface area contributed by atoms with Crippen LogP contribution in [0.15, 0.2) is 28.4 Å². The van der Waals surface area contributed by atoms with Crippen molar-refractivity contribution in [3.63, 3.8) is 0 Å². The molecule has 0 aromatic carbocycles. The molecule has 0 bridgehead atoms. The van der Waals surface area contributed by atoms with Crippen molar-refractivity contribution in [2.24, 2.45) is 4.99 Å². The highest BCUT2D eigenvalue weighted by atomic mass is 19.1. The van der Waals surface area contributed by atoms with E-state index in [9.17, 15) is 4.32 Å². The zero-order valence-electron chi connectivity index (χ0n) is 15.0. The van der Waals surface area contributed by atoms with Crippen LogP contribution in [0.2, 0.25) is 0 Å². The minimum Gasteiger partial charge on any atom is -0.348 e. The van der Waals surface area contributed by atoms with Crippen LogP contribution in [0.3, 0.4) is 0 Å². The number of aliphatic imine (C=N–C) groups is 1. The Labute approximate surface area is 144 Å². The average molecular weight is 320 g/mol. The van der Waals surface area contributed by atoms with E-state index in [2.05, 4.69) is 22.7 Å². The van der Waals surface area contributed by atoms with Crippen molar-refractivity contribution in [3.05, 3.63) is 40.4 Å². The second kappa shape index (κ2) is 7.41. The van der Waals surface area contributed by atoms with Gasteiger partial charge in [0.15, 0.2) is 0 Å². The summed E-state index contributed by atoms with van der Waals surface area (Å²) < 4.78 is 16.4. The number of terminal acetylenes is 1. The van der Waals surface area contributed by atoms with Crippen LogP contribution >= 0.6 is 0 Å². The van der Waals surface area contributed by atoms with E-state index in [1.165, 1.54) is 0 Å². The fraction of sp³-hybridized carbons (Fsp3) is 0.350. The van der Waals surface area contributed by atoms with E-state index < -0.39 is 7.12 Å². The van der Waals surface area contributed by atoms with Gasteiger partial charge in [0.1, 0.15) is 0 Å². The van der Waals surface area contributed by atoms with Crippen LogP contribution in [0.5, 0.6) is 0 Å².